The number of hydrogen-bond acceptors (Lipinski definition) is 3. The molecule has 0 saturated carbocycles. The van der Waals surface area contributed by atoms with Crippen molar-refractivity contribution in [2.45, 2.75) is 47.5 Å². The van der Waals surface area contributed by atoms with Crippen LogP contribution in [-0.4, -0.2) is 11.5 Å². The Hall–Kier alpha value is -2.16. The molecule has 3 heteroatoms. The second kappa shape index (κ2) is 10.6. The molecule has 0 heterocycles. The minimum atomic E-state index is -0.0192. The number of ketones is 1. The minimum absolute atomic E-state index is 0.0192. The summed E-state index contributed by atoms with van der Waals surface area (Å²) in [7, 11) is 0. The highest BCUT2D eigenvalue weighted by molar-refractivity contribution is 6.02. The van der Waals surface area contributed by atoms with E-state index in [1.54, 1.807) is 19.1 Å². The van der Waals surface area contributed by atoms with Crippen LogP contribution in [0.15, 0.2) is 64.5 Å². The normalized spacial score (nSPS) is 14.6. The molecule has 0 spiro atoms. The highest BCUT2D eigenvalue weighted by Gasteiger charge is 2.03. The fraction of sp³-hybridized carbons (Fsp3) is 0.368. The fourth-order valence-electron chi connectivity index (χ4n) is 1.59. The third-order valence-electron chi connectivity index (χ3n) is 3.14. The molecule has 0 radical (unpaired) electrons. The van der Waals surface area contributed by atoms with Gasteiger partial charge in [-0.3, -0.25) is 9.79 Å². The van der Waals surface area contributed by atoms with Crippen molar-refractivity contribution >= 4 is 11.5 Å². The van der Waals surface area contributed by atoms with Crippen LogP contribution in [0.25, 0.3) is 0 Å². The van der Waals surface area contributed by atoms with Crippen LogP contribution in [0.1, 0.15) is 47.5 Å². The Bertz CT molecular complexity index is 558. The van der Waals surface area contributed by atoms with E-state index >= 15 is 0 Å². The Labute approximate surface area is 134 Å². The van der Waals surface area contributed by atoms with Gasteiger partial charge in [0, 0.05) is 5.57 Å². The molecule has 0 aromatic carbocycles. The number of carbonyl (C=O) groups is 1. The highest BCUT2D eigenvalue weighted by atomic mass is 16.1. The van der Waals surface area contributed by atoms with Gasteiger partial charge in [-0.25, -0.2) is 0 Å². The van der Waals surface area contributed by atoms with Gasteiger partial charge in [0.25, 0.3) is 0 Å². The molecule has 3 nitrogen and oxygen atoms in total. The molecule has 0 saturated heterocycles. The second-order valence-corrected chi connectivity index (χ2v) is 5.11. The zero-order valence-electron chi connectivity index (χ0n) is 14.4. The molecular weight excluding hydrogens is 272 g/mol. The minimum Gasteiger partial charge on any atom is -0.397 e. The molecule has 0 atom stereocenters. The molecule has 0 aliphatic rings. The van der Waals surface area contributed by atoms with Gasteiger partial charge in [-0.2, -0.15) is 0 Å². The summed E-state index contributed by atoms with van der Waals surface area (Å²) in [4.78, 5) is 15.8. The third-order valence-corrected chi connectivity index (χ3v) is 3.14. The largest absolute Gasteiger partial charge is 0.397 e. The molecule has 0 aromatic rings. The molecule has 0 aromatic heterocycles. The molecule has 0 amide bonds. The lowest BCUT2D eigenvalue weighted by Gasteiger charge is -2.05. The van der Waals surface area contributed by atoms with Crippen LogP contribution < -0.4 is 5.73 Å². The summed E-state index contributed by atoms with van der Waals surface area (Å²) >= 11 is 0. The standard InChI is InChI=1S/C19H28N2O/c1-7-9-10-11-12-14(3)15(4)21-16(5)19(20)13-18(8-2)17(6)22/h8,10-13H,4,7,9,20H2,1-3,5-6H3/b11-10-,14-12+,18-8+,19-13+,21-16?. The molecule has 2 N–H and O–H groups in total. The topological polar surface area (TPSA) is 55.4 Å². The van der Waals surface area contributed by atoms with Crippen molar-refractivity contribution in [3.05, 3.63) is 59.5 Å². The number of carbonyl (C=O) groups excluding carboxylic acids is 1. The van der Waals surface area contributed by atoms with Crippen LogP contribution in [0, 0.1) is 0 Å². The van der Waals surface area contributed by atoms with Gasteiger partial charge in [0.15, 0.2) is 5.78 Å². The Kier molecular flexibility index (Phi) is 9.51. The number of unbranched alkanes of at least 4 members (excludes halogenated alkanes) is 1. The van der Waals surface area contributed by atoms with E-state index in [-0.39, 0.29) is 5.78 Å². The van der Waals surface area contributed by atoms with E-state index in [4.69, 9.17) is 5.73 Å². The third kappa shape index (κ3) is 7.58. The van der Waals surface area contributed by atoms with E-state index in [0.29, 0.717) is 22.7 Å². The molecule has 22 heavy (non-hydrogen) atoms. The molecule has 0 aliphatic carbocycles. The number of hydrogen-bond donors (Lipinski definition) is 1. The Morgan fingerprint density at radius 1 is 1.27 bits per heavy atom. The van der Waals surface area contributed by atoms with E-state index < -0.39 is 0 Å². The summed E-state index contributed by atoms with van der Waals surface area (Å²) in [5.41, 5.74) is 9.33. The molecule has 0 fully saturated rings. The number of nitrogens with two attached hydrogens (primary N) is 1. The maximum Gasteiger partial charge on any atom is 0.159 e. The number of aliphatic imine (C=N–C) groups is 1. The van der Waals surface area contributed by atoms with E-state index in [0.717, 1.165) is 18.4 Å². The summed E-state index contributed by atoms with van der Waals surface area (Å²) in [6.45, 7) is 13.2. The van der Waals surface area contributed by atoms with Gasteiger partial charge in [0.1, 0.15) is 0 Å². The monoisotopic (exact) mass is 300 g/mol. The van der Waals surface area contributed by atoms with Crippen molar-refractivity contribution in [3.63, 3.8) is 0 Å². The molecule has 0 bridgehead atoms. The molecule has 0 aliphatic heterocycles. The van der Waals surface area contributed by atoms with E-state index in [2.05, 4.69) is 24.6 Å². The first-order valence-corrected chi connectivity index (χ1v) is 7.56. The zero-order chi connectivity index (χ0) is 17.1. The maximum absolute atomic E-state index is 11.4. The number of allylic oxidation sites excluding steroid dienone is 8. The molecular formula is C19H28N2O. The lowest BCUT2D eigenvalue weighted by Crippen LogP contribution is -2.10. The van der Waals surface area contributed by atoms with Crippen molar-refractivity contribution in [1.82, 2.24) is 0 Å². The quantitative estimate of drug-likeness (QED) is 0.403. The second-order valence-electron chi connectivity index (χ2n) is 5.11. The summed E-state index contributed by atoms with van der Waals surface area (Å²) in [5, 5.41) is 0. The van der Waals surface area contributed by atoms with Gasteiger partial charge in [-0.1, -0.05) is 44.2 Å². The Morgan fingerprint density at radius 3 is 2.41 bits per heavy atom. The van der Waals surface area contributed by atoms with E-state index in [9.17, 15) is 4.79 Å². The predicted octanol–water partition coefficient (Wildman–Crippen LogP) is 4.64. The summed E-state index contributed by atoms with van der Waals surface area (Å²) in [6, 6.07) is 0. The van der Waals surface area contributed by atoms with Gasteiger partial charge >= 0.3 is 0 Å². The molecule has 0 unspecified atom stereocenters. The molecule has 0 rings (SSSR count). The van der Waals surface area contributed by atoms with Crippen molar-refractivity contribution in [2.75, 3.05) is 0 Å². The highest BCUT2D eigenvalue weighted by Crippen LogP contribution is 2.11. The fourth-order valence-corrected chi connectivity index (χ4v) is 1.59. The Morgan fingerprint density at radius 2 is 1.91 bits per heavy atom. The van der Waals surface area contributed by atoms with Gasteiger partial charge in [-0.15, -0.1) is 0 Å². The van der Waals surface area contributed by atoms with Crippen molar-refractivity contribution < 1.29 is 4.79 Å². The summed E-state index contributed by atoms with van der Waals surface area (Å²) in [6.07, 6.45) is 11.7. The average molecular weight is 300 g/mol. The van der Waals surface area contributed by atoms with Gasteiger partial charge in [-0.05, 0) is 45.8 Å². The summed E-state index contributed by atoms with van der Waals surface area (Å²) < 4.78 is 0. The first-order chi connectivity index (χ1) is 10.3. The first kappa shape index (κ1) is 19.8. The predicted molar refractivity (Wildman–Crippen MR) is 96.8 cm³/mol. The Balaban J connectivity index is 5.08. The van der Waals surface area contributed by atoms with E-state index in [1.165, 1.54) is 6.92 Å². The van der Waals surface area contributed by atoms with Crippen LogP contribution in [0.3, 0.4) is 0 Å². The van der Waals surface area contributed by atoms with Crippen molar-refractivity contribution in [1.29, 1.82) is 0 Å². The first-order valence-electron chi connectivity index (χ1n) is 7.56. The van der Waals surface area contributed by atoms with Crippen LogP contribution >= 0.6 is 0 Å². The van der Waals surface area contributed by atoms with Crippen molar-refractivity contribution in [2.24, 2.45) is 10.7 Å². The van der Waals surface area contributed by atoms with Gasteiger partial charge in [0.05, 0.1) is 17.1 Å². The lowest BCUT2D eigenvalue weighted by molar-refractivity contribution is -0.113. The molecule has 120 valence electrons. The van der Waals surface area contributed by atoms with Gasteiger partial charge < -0.3 is 5.73 Å². The average Bonchev–Trinajstić information content (AvgIpc) is 2.47. The van der Waals surface area contributed by atoms with Crippen molar-refractivity contribution in [3.8, 4) is 0 Å². The smallest absolute Gasteiger partial charge is 0.159 e. The lowest BCUT2D eigenvalue weighted by atomic mass is 10.1. The van der Waals surface area contributed by atoms with Crippen LogP contribution in [0.4, 0.5) is 0 Å². The van der Waals surface area contributed by atoms with E-state index in [1.807, 2.05) is 26.0 Å². The number of nitrogens with zero attached hydrogens (tertiary/aromatic N) is 1. The van der Waals surface area contributed by atoms with Crippen LogP contribution in [-0.2, 0) is 4.79 Å². The number of rotatable bonds is 8. The van der Waals surface area contributed by atoms with Gasteiger partial charge in [0.2, 0.25) is 0 Å². The zero-order valence-corrected chi connectivity index (χ0v) is 14.4. The number of Topliss-reactive ketones (excluding diaryl/α,β-unsaturated/α-hetero) is 1. The SMILES string of the molecule is C=C(N=C(C)/C(N)=C\C(=C/C)C(C)=O)/C(C)=C/C=C\CCC. The van der Waals surface area contributed by atoms with Crippen LogP contribution in [0.2, 0.25) is 0 Å². The maximum atomic E-state index is 11.4. The van der Waals surface area contributed by atoms with Crippen LogP contribution in [0.5, 0.6) is 0 Å². The summed E-state index contributed by atoms with van der Waals surface area (Å²) in [5.74, 6) is -0.0192.